The van der Waals surface area contributed by atoms with Gasteiger partial charge < -0.3 is 9.64 Å². The molecule has 0 unspecified atom stereocenters. The number of carbonyl (C=O) groups excluding carboxylic acids is 1. The molecule has 0 aromatic heterocycles. The lowest BCUT2D eigenvalue weighted by Gasteiger charge is -2.24. The van der Waals surface area contributed by atoms with Crippen LogP contribution in [0.4, 0.5) is 16.2 Å². The van der Waals surface area contributed by atoms with Crippen LogP contribution in [0.25, 0.3) is 0 Å². The molecule has 0 spiro atoms. The van der Waals surface area contributed by atoms with E-state index in [9.17, 15) is 4.79 Å². The van der Waals surface area contributed by atoms with E-state index in [1.807, 2.05) is 36.2 Å². The van der Waals surface area contributed by atoms with Crippen molar-refractivity contribution in [2.24, 2.45) is 10.9 Å². The molecule has 5 nitrogen and oxygen atoms in total. The Bertz CT molecular complexity index is 467. The molecule has 1 rings (SSSR count). The third-order valence-corrected chi connectivity index (χ3v) is 2.87. The Balaban J connectivity index is 2.78. The van der Waals surface area contributed by atoms with Gasteiger partial charge in [-0.3, -0.25) is 10.3 Å². The standard InChI is InChI=1S/C15H23N3O2/c1-6-20-15(19)17-12-7-9-13(10-8-12)18(5)14(16-4)11(2)3/h7-11H,6H2,1-5H3,(H,17,19). The highest BCUT2D eigenvalue weighted by atomic mass is 16.5. The summed E-state index contributed by atoms with van der Waals surface area (Å²) in [6.07, 6.45) is -0.438. The minimum Gasteiger partial charge on any atom is -0.450 e. The van der Waals surface area contributed by atoms with E-state index in [-0.39, 0.29) is 0 Å². The van der Waals surface area contributed by atoms with E-state index in [0.29, 0.717) is 18.2 Å². The zero-order valence-electron chi connectivity index (χ0n) is 12.8. The summed E-state index contributed by atoms with van der Waals surface area (Å²) in [5.41, 5.74) is 1.73. The quantitative estimate of drug-likeness (QED) is 0.678. The average molecular weight is 277 g/mol. The van der Waals surface area contributed by atoms with Crippen molar-refractivity contribution in [1.29, 1.82) is 0 Å². The molecular formula is C15H23N3O2. The average Bonchev–Trinajstić information content (AvgIpc) is 2.40. The lowest BCUT2D eigenvalue weighted by molar-refractivity contribution is 0.168. The van der Waals surface area contributed by atoms with Crippen LogP contribution in [0.15, 0.2) is 29.3 Å². The van der Waals surface area contributed by atoms with Crippen molar-refractivity contribution < 1.29 is 9.53 Å². The van der Waals surface area contributed by atoms with Gasteiger partial charge in [0, 0.05) is 31.4 Å². The second-order valence-corrected chi connectivity index (χ2v) is 4.69. The van der Waals surface area contributed by atoms with E-state index in [1.54, 1.807) is 14.0 Å². The Morgan fingerprint density at radius 2 is 1.95 bits per heavy atom. The minimum absolute atomic E-state index is 0.349. The van der Waals surface area contributed by atoms with Gasteiger partial charge in [-0.15, -0.1) is 0 Å². The number of hydrogen-bond donors (Lipinski definition) is 1. The SMILES string of the molecule is CCOC(=O)Nc1ccc(N(C)C(=NC)C(C)C)cc1. The van der Waals surface area contributed by atoms with Gasteiger partial charge in [-0.2, -0.15) is 0 Å². The maximum atomic E-state index is 11.3. The summed E-state index contributed by atoms with van der Waals surface area (Å²) in [7, 11) is 3.78. The third-order valence-electron chi connectivity index (χ3n) is 2.87. The molecule has 1 amide bonds. The van der Waals surface area contributed by atoms with Gasteiger partial charge in [-0.1, -0.05) is 13.8 Å². The molecule has 110 valence electrons. The number of amidine groups is 1. The van der Waals surface area contributed by atoms with Crippen molar-refractivity contribution in [1.82, 2.24) is 0 Å². The molecule has 0 saturated carbocycles. The lowest BCUT2D eigenvalue weighted by atomic mass is 10.1. The summed E-state index contributed by atoms with van der Waals surface area (Å²) in [6, 6.07) is 7.57. The Labute approximate surface area is 120 Å². The summed E-state index contributed by atoms with van der Waals surface area (Å²) in [6.45, 7) is 6.34. The summed E-state index contributed by atoms with van der Waals surface area (Å²) in [5, 5.41) is 2.67. The highest BCUT2D eigenvalue weighted by Gasteiger charge is 2.12. The Morgan fingerprint density at radius 3 is 2.40 bits per heavy atom. The van der Waals surface area contributed by atoms with Crippen LogP contribution >= 0.6 is 0 Å². The maximum Gasteiger partial charge on any atom is 0.411 e. The molecule has 0 aliphatic carbocycles. The molecule has 1 aromatic rings. The number of benzene rings is 1. The van der Waals surface area contributed by atoms with Gasteiger partial charge in [0.15, 0.2) is 0 Å². The van der Waals surface area contributed by atoms with Crippen LogP contribution in [-0.4, -0.2) is 32.6 Å². The summed E-state index contributed by atoms with van der Waals surface area (Å²) >= 11 is 0. The largest absolute Gasteiger partial charge is 0.450 e. The molecule has 20 heavy (non-hydrogen) atoms. The van der Waals surface area contributed by atoms with Gasteiger partial charge in [0.1, 0.15) is 5.84 Å². The summed E-state index contributed by atoms with van der Waals surface area (Å²) in [5.74, 6) is 1.36. The minimum atomic E-state index is -0.438. The number of carbonyl (C=O) groups is 1. The molecule has 1 N–H and O–H groups in total. The Morgan fingerprint density at radius 1 is 1.35 bits per heavy atom. The smallest absolute Gasteiger partial charge is 0.411 e. The number of aliphatic imine (C=N–C) groups is 1. The molecule has 5 heteroatoms. The Kier molecular flexibility index (Phi) is 6.03. The van der Waals surface area contributed by atoms with Crippen LogP contribution in [0.2, 0.25) is 0 Å². The molecule has 0 heterocycles. The van der Waals surface area contributed by atoms with Crippen LogP contribution in [-0.2, 0) is 4.74 Å². The normalized spacial score (nSPS) is 11.4. The molecule has 0 bridgehead atoms. The molecule has 0 atom stereocenters. The van der Waals surface area contributed by atoms with Crippen LogP contribution < -0.4 is 10.2 Å². The zero-order valence-corrected chi connectivity index (χ0v) is 12.8. The molecule has 0 fully saturated rings. The van der Waals surface area contributed by atoms with Crippen molar-refractivity contribution in [3.63, 3.8) is 0 Å². The number of nitrogens with zero attached hydrogens (tertiary/aromatic N) is 2. The fraction of sp³-hybridized carbons (Fsp3) is 0.467. The molecule has 0 aliphatic rings. The molecule has 1 aromatic carbocycles. The highest BCUT2D eigenvalue weighted by molar-refractivity contribution is 5.98. The third kappa shape index (κ3) is 4.26. The van der Waals surface area contributed by atoms with E-state index in [4.69, 9.17) is 4.74 Å². The highest BCUT2D eigenvalue weighted by Crippen LogP contribution is 2.19. The topological polar surface area (TPSA) is 53.9 Å². The first-order valence-electron chi connectivity index (χ1n) is 6.73. The van der Waals surface area contributed by atoms with Crippen molar-refractivity contribution in [3.05, 3.63) is 24.3 Å². The maximum absolute atomic E-state index is 11.3. The van der Waals surface area contributed by atoms with E-state index < -0.39 is 6.09 Å². The molecule has 0 radical (unpaired) electrons. The first kappa shape index (κ1) is 16.0. The second-order valence-electron chi connectivity index (χ2n) is 4.69. The van der Waals surface area contributed by atoms with Gasteiger partial charge in [0.2, 0.25) is 0 Å². The predicted octanol–water partition coefficient (Wildman–Crippen LogP) is 3.38. The molecule has 0 aliphatic heterocycles. The molecular weight excluding hydrogens is 254 g/mol. The predicted molar refractivity (Wildman–Crippen MR) is 83.7 cm³/mol. The first-order chi connectivity index (χ1) is 9.49. The van der Waals surface area contributed by atoms with Gasteiger partial charge in [0.25, 0.3) is 0 Å². The van der Waals surface area contributed by atoms with Crippen molar-refractivity contribution in [3.8, 4) is 0 Å². The van der Waals surface area contributed by atoms with Gasteiger partial charge in [-0.05, 0) is 31.2 Å². The van der Waals surface area contributed by atoms with Crippen LogP contribution in [0.5, 0.6) is 0 Å². The molecule has 0 saturated heterocycles. The van der Waals surface area contributed by atoms with Gasteiger partial charge in [-0.25, -0.2) is 4.79 Å². The number of nitrogens with one attached hydrogen (secondary N) is 1. The van der Waals surface area contributed by atoms with Crippen LogP contribution in [0.1, 0.15) is 20.8 Å². The van der Waals surface area contributed by atoms with E-state index >= 15 is 0 Å². The number of ether oxygens (including phenoxy) is 1. The van der Waals surface area contributed by atoms with E-state index in [1.165, 1.54) is 0 Å². The number of amides is 1. The number of anilines is 2. The van der Waals surface area contributed by atoms with Crippen molar-refractivity contribution in [2.45, 2.75) is 20.8 Å². The monoisotopic (exact) mass is 277 g/mol. The lowest BCUT2D eigenvalue weighted by Crippen LogP contribution is -2.30. The number of hydrogen-bond acceptors (Lipinski definition) is 3. The second kappa shape index (κ2) is 7.53. The van der Waals surface area contributed by atoms with Gasteiger partial charge >= 0.3 is 6.09 Å². The summed E-state index contributed by atoms with van der Waals surface area (Å²) < 4.78 is 4.83. The fourth-order valence-electron chi connectivity index (χ4n) is 1.98. The van der Waals surface area contributed by atoms with E-state index in [0.717, 1.165) is 11.5 Å². The summed E-state index contributed by atoms with van der Waals surface area (Å²) in [4.78, 5) is 17.7. The van der Waals surface area contributed by atoms with Gasteiger partial charge in [0.05, 0.1) is 6.61 Å². The number of rotatable bonds is 4. The zero-order chi connectivity index (χ0) is 15.1. The van der Waals surface area contributed by atoms with Crippen LogP contribution in [0.3, 0.4) is 0 Å². The fourth-order valence-corrected chi connectivity index (χ4v) is 1.98. The van der Waals surface area contributed by atoms with Crippen LogP contribution in [0, 0.1) is 5.92 Å². The van der Waals surface area contributed by atoms with Crippen molar-refractivity contribution in [2.75, 3.05) is 30.9 Å². The van der Waals surface area contributed by atoms with E-state index in [2.05, 4.69) is 24.2 Å². The Hall–Kier alpha value is -2.04. The first-order valence-corrected chi connectivity index (χ1v) is 6.73. The van der Waals surface area contributed by atoms with Crippen molar-refractivity contribution >= 4 is 23.3 Å².